The highest BCUT2D eigenvalue weighted by Crippen LogP contribution is 2.20. The van der Waals surface area contributed by atoms with E-state index in [2.05, 4.69) is 15.3 Å². The standard InChI is InChI=1S/C18H13FN4O/c1-11-2-4-12(5-3-11)16-9-17(24)23-18(22-16)21-14-6-7-15(19)13(8-14)10-20/h2-9H,1H3,(H2,21,22,23,24). The zero-order valence-electron chi connectivity index (χ0n) is 12.8. The van der Waals surface area contributed by atoms with Gasteiger partial charge in [0.2, 0.25) is 5.95 Å². The number of H-pyrrole nitrogens is 1. The van der Waals surface area contributed by atoms with Crippen molar-refractivity contribution >= 4 is 11.6 Å². The van der Waals surface area contributed by atoms with E-state index in [1.165, 1.54) is 24.3 Å². The number of aromatic nitrogens is 2. The Hall–Kier alpha value is -3.46. The summed E-state index contributed by atoms with van der Waals surface area (Å²) in [5.41, 5.74) is 2.49. The monoisotopic (exact) mass is 320 g/mol. The first-order chi connectivity index (χ1) is 11.5. The Morgan fingerprint density at radius 3 is 2.62 bits per heavy atom. The molecule has 0 atom stereocenters. The van der Waals surface area contributed by atoms with Crippen LogP contribution < -0.4 is 10.9 Å². The molecule has 0 aliphatic carbocycles. The molecule has 0 bridgehead atoms. The lowest BCUT2D eigenvalue weighted by Crippen LogP contribution is -2.10. The summed E-state index contributed by atoms with van der Waals surface area (Å²) in [5.74, 6) is -0.383. The Morgan fingerprint density at radius 1 is 1.17 bits per heavy atom. The molecule has 1 heterocycles. The largest absolute Gasteiger partial charge is 0.326 e. The summed E-state index contributed by atoms with van der Waals surface area (Å²) in [5, 5.41) is 11.8. The lowest BCUT2D eigenvalue weighted by Gasteiger charge is -2.08. The fourth-order valence-corrected chi connectivity index (χ4v) is 2.21. The summed E-state index contributed by atoms with van der Waals surface area (Å²) in [7, 11) is 0. The van der Waals surface area contributed by atoms with Gasteiger partial charge in [-0.2, -0.15) is 5.26 Å². The highest BCUT2D eigenvalue weighted by atomic mass is 19.1. The van der Waals surface area contributed by atoms with E-state index in [1.807, 2.05) is 31.2 Å². The summed E-state index contributed by atoms with van der Waals surface area (Å²) in [4.78, 5) is 18.8. The fourth-order valence-electron chi connectivity index (χ4n) is 2.21. The van der Waals surface area contributed by atoms with E-state index in [0.29, 0.717) is 11.4 Å². The third kappa shape index (κ3) is 3.31. The van der Waals surface area contributed by atoms with Gasteiger partial charge in [0.15, 0.2) is 0 Å². The number of hydrogen-bond donors (Lipinski definition) is 2. The van der Waals surface area contributed by atoms with Gasteiger partial charge in [-0.1, -0.05) is 29.8 Å². The summed E-state index contributed by atoms with van der Waals surface area (Å²) in [6.45, 7) is 1.98. The average Bonchev–Trinajstić information content (AvgIpc) is 2.56. The van der Waals surface area contributed by atoms with Crippen molar-refractivity contribution in [3.8, 4) is 17.3 Å². The van der Waals surface area contributed by atoms with Gasteiger partial charge in [-0.3, -0.25) is 9.78 Å². The minimum absolute atomic E-state index is 0.0861. The van der Waals surface area contributed by atoms with Crippen molar-refractivity contribution in [3.63, 3.8) is 0 Å². The molecule has 6 heteroatoms. The van der Waals surface area contributed by atoms with E-state index in [9.17, 15) is 9.18 Å². The van der Waals surface area contributed by atoms with E-state index in [4.69, 9.17) is 5.26 Å². The number of benzene rings is 2. The molecule has 0 saturated heterocycles. The number of hydrogen-bond acceptors (Lipinski definition) is 4. The van der Waals surface area contributed by atoms with Crippen LogP contribution in [0.15, 0.2) is 53.3 Å². The highest BCUT2D eigenvalue weighted by Gasteiger charge is 2.07. The van der Waals surface area contributed by atoms with Crippen LogP contribution in [0, 0.1) is 24.1 Å². The smallest absolute Gasteiger partial charge is 0.252 e. The van der Waals surface area contributed by atoms with Crippen molar-refractivity contribution < 1.29 is 4.39 Å². The molecule has 2 aromatic carbocycles. The minimum Gasteiger partial charge on any atom is -0.326 e. The van der Waals surface area contributed by atoms with Crippen LogP contribution in [-0.2, 0) is 0 Å². The predicted octanol–water partition coefficient (Wildman–Crippen LogP) is 3.50. The van der Waals surface area contributed by atoms with Crippen molar-refractivity contribution in [3.05, 3.63) is 75.8 Å². The molecular formula is C18H13FN4O. The fraction of sp³-hybridized carbons (Fsp3) is 0.0556. The molecule has 0 radical (unpaired) electrons. The second-order valence-electron chi connectivity index (χ2n) is 5.28. The van der Waals surface area contributed by atoms with E-state index in [-0.39, 0.29) is 17.1 Å². The van der Waals surface area contributed by atoms with E-state index >= 15 is 0 Å². The van der Waals surface area contributed by atoms with Gasteiger partial charge < -0.3 is 5.32 Å². The molecule has 5 nitrogen and oxygen atoms in total. The molecule has 0 spiro atoms. The van der Waals surface area contributed by atoms with Crippen LogP contribution in [0.5, 0.6) is 0 Å². The zero-order valence-corrected chi connectivity index (χ0v) is 12.8. The summed E-state index contributed by atoms with van der Waals surface area (Å²) >= 11 is 0. The molecule has 3 aromatic rings. The molecular weight excluding hydrogens is 307 g/mol. The Balaban J connectivity index is 1.96. The summed E-state index contributed by atoms with van der Waals surface area (Å²) < 4.78 is 13.4. The third-order valence-corrected chi connectivity index (χ3v) is 3.44. The SMILES string of the molecule is Cc1ccc(-c2cc(=O)[nH]c(Nc3ccc(F)c(C#N)c3)n2)cc1. The molecule has 0 saturated carbocycles. The van der Waals surface area contributed by atoms with Crippen LogP contribution in [0.25, 0.3) is 11.3 Å². The second-order valence-corrected chi connectivity index (χ2v) is 5.28. The van der Waals surface area contributed by atoms with E-state index in [1.54, 1.807) is 6.07 Å². The maximum absolute atomic E-state index is 13.4. The first-order valence-corrected chi connectivity index (χ1v) is 7.20. The van der Waals surface area contributed by atoms with Crippen molar-refractivity contribution in [1.82, 2.24) is 9.97 Å². The number of nitriles is 1. The van der Waals surface area contributed by atoms with Crippen LogP contribution in [0.4, 0.5) is 16.0 Å². The zero-order chi connectivity index (χ0) is 17.1. The molecule has 24 heavy (non-hydrogen) atoms. The number of aromatic amines is 1. The highest BCUT2D eigenvalue weighted by molar-refractivity contribution is 5.62. The molecule has 0 unspecified atom stereocenters. The molecule has 0 aliphatic heterocycles. The lowest BCUT2D eigenvalue weighted by atomic mass is 10.1. The Kier molecular flexibility index (Phi) is 4.08. The van der Waals surface area contributed by atoms with Gasteiger partial charge in [-0.05, 0) is 25.1 Å². The molecule has 118 valence electrons. The van der Waals surface area contributed by atoms with Crippen LogP contribution >= 0.6 is 0 Å². The molecule has 1 aromatic heterocycles. The van der Waals surface area contributed by atoms with Crippen LogP contribution in [0.1, 0.15) is 11.1 Å². The molecule has 0 amide bonds. The van der Waals surface area contributed by atoms with Crippen LogP contribution in [0.3, 0.4) is 0 Å². The number of aryl methyl sites for hydroxylation is 1. The Bertz CT molecular complexity index is 987. The normalized spacial score (nSPS) is 10.2. The van der Waals surface area contributed by atoms with Gasteiger partial charge in [-0.15, -0.1) is 0 Å². The molecule has 0 aliphatic rings. The third-order valence-electron chi connectivity index (χ3n) is 3.44. The van der Waals surface area contributed by atoms with Gasteiger partial charge in [0.05, 0.1) is 11.3 Å². The van der Waals surface area contributed by atoms with Crippen LogP contribution in [-0.4, -0.2) is 9.97 Å². The Labute approximate surface area is 137 Å². The first kappa shape index (κ1) is 15.4. The topological polar surface area (TPSA) is 81.6 Å². The van der Waals surface area contributed by atoms with Crippen molar-refractivity contribution in [1.29, 1.82) is 5.26 Å². The van der Waals surface area contributed by atoms with Crippen LogP contribution in [0.2, 0.25) is 0 Å². The van der Waals surface area contributed by atoms with Crippen molar-refractivity contribution in [2.24, 2.45) is 0 Å². The second kappa shape index (κ2) is 6.34. The number of halogens is 1. The summed E-state index contributed by atoms with van der Waals surface area (Å²) in [6, 6.07) is 14.8. The molecule has 3 rings (SSSR count). The van der Waals surface area contributed by atoms with Crippen molar-refractivity contribution in [2.75, 3.05) is 5.32 Å². The number of nitrogens with one attached hydrogen (secondary N) is 2. The minimum atomic E-state index is -0.599. The van der Waals surface area contributed by atoms with Gasteiger partial charge in [0.1, 0.15) is 11.9 Å². The first-order valence-electron chi connectivity index (χ1n) is 7.20. The lowest BCUT2D eigenvalue weighted by molar-refractivity contribution is 0.624. The maximum atomic E-state index is 13.4. The van der Waals surface area contributed by atoms with Gasteiger partial charge in [0.25, 0.3) is 5.56 Å². The van der Waals surface area contributed by atoms with Crippen molar-refractivity contribution in [2.45, 2.75) is 6.92 Å². The number of nitrogens with zero attached hydrogens (tertiary/aromatic N) is 2. The Morgan fingerprint density at radius 2 is 1.92 bits per heavy atom. The van der Waals surface area contributed by atoms with E-state index in [0.717, 1.165) is 11.1 Å². The number of rotatable bonds is 3. The number of anilines is 2. The van der Waals surface area contributed by atoms with Gasteiger partial charge >= 0.3 is 0 Å². The summed E-state index contributed by atoms with van der Waals surface area (Å²) in [6.07, 6.45) is 0. The molecule has 2 N–H and O–H groups in total. The predicted molar refractivity (Wildman–Crippen MR) is 89.4 cm³/mol. The van der Waals surface area contributed by atoms with Gasteiger partial charge in [0, 0.05) is 17.3 Å². The molecule has 0 fully saturated rings. The quantitative estimate of drug-likeness (QED) is 0.774. The van der Waals surface area contributed by atoms with Gasteiger partial charge in [-0.25, -0.2) is 9.37 Å². The average molecular weight is 320 g/mol. The maximum Gasteiger partial charge on any atom is 0.252 e. The van der Waals surface area contributed by atoms with E-state index < -0.39 is 5.82 Å².